The molecule has 0 bridgehead atoms. The van der Waals surface area contributed by atoms with Gasteiger partial charge in [0.25, 0.3) is 0 Å². The maximum Gasteiger partial charge on any atom is 0.0531 e. The number of rotatable bonds is 0. The van der Waals surface area contributed by atoms with Crippen molar-refractivity contribution in [1.82, 2.24) is 5.32 Å². The van der Waals surface area contributed by atoms with Crippen LogP contribution >= 0.6 is 11.3 Å². The largest absolute Gasteiger partial charge is 0.306 e. The Morgan fingerprint density at radius 3 is 2.67 bits per heavy atom. The summed E-state index contributed by atoms with van der Waals surface area (Å²) >= 11 is 1.98. The molecule has 3 rings (SSSR count). The van der Waals surface area contributed by atoms with Gasteiger partial charge in [0.05, 0.1) is 5.54 Å². The fraction of sp³-hybridized carbons (Fsp3) is 0.750. The molecule has 0 radical (unpaired) electrons. The van der Waals surface area contributed by atoms with Crippen LogP contribution in [0.2, 0.25) is 0 Å². The number of fused-ring (bicyclic) bond motifs is 2. The van der Waals surface area contributed by atoms with Crippen LogP contribution in [-0.4, -0.2) is 6.54 Å². The Morgan fingerprint density at radius 2 is 2.00 bits per heavy atom. The van der Waals surface area contributed by atoms with Gasteiger partial charge in [0.15, 0.2) is 0 Å². The average molecular weight is 263 g/mol. The lowest BCUT2D eigenvalue weighted by Gasteiger charge is -2.46. The summed E-state index contributed by atoms with van der Waals surface area (Å²) < 4.78 is 0. The van der Waals surface area contributed by atoms with Crippen LogP contribution < -0.4 is 5.32 Å². The lowest BCUT2D eigenvalue weighted by molar-refractivity contribution is 0.111. The Labute approximate surface area is 115 Å². The smallest absolute Gasteiger partial charge is 0.0531 e. The zero-order valence-electron chi connectivity index (χ0n) is 11.9. The summed E-state index contributed by atoms with van der Waals surface area (Å²) in [6.45, 7) is 8.38. The first-order valence-corrected chi connectivity index (χ1v) is 8.21. The zero-order valence-corrected chi connectivity index (χ0v) is 12.7. The third-order valence-corrected chi connectivity index (χ3v) is 6.26. The lowest BCUT2D eigenvalue weighted by atomic mass is 9.66. The molecule has 1 aliphatic carbocycles. The van der Waals surface area contributed by atoms with Crippen LogP contribution in [-0.2, 0) is 12.0 Å². The van der Waals surface area contributed by atoms with Gasteiger partial charge in [-0.3, -0.25) is 0 Å². The molecule has 1 fully saturated rings. The molecule has 2 heteroatoms. The highest BCUT2D eigenvalue weighted by Gasteiger charge is 2.42. The molecule has 0 saturated heterocycles. The van der Waals surface area contributed by atoms with Crippen molar-refractivity contribution in [3.63, 3.8) is 0 Å². The minimum atomic E-state index is 0.337. The van der Waals surface area contributed by atoms with Crippen LogP contribution in [0.1, 0.15) is 56.9 Å². The van der Waals surface area contributed by atoms with Gasteiger partial charge in [-0.1, -0.05) is 20.8 Å². The minimum Gasteiger partial charge on any atom is -0.306 e. The van der Waals surface area contributed by atoms with Crippen molar-refractivity contribution in [3.8, 4) is 0 Å². The van der Waals surface area contributed by atoms with E-state index in [0.717, 1.165) is 5.92 Å². The Hall–Kier alpha value is -0.340. The Kier molecular flexibility index (Phi) is 3.06. The summed E-state index contributed by atoms with van der Waals surface area (Å²) in [6, 6.07) is 2.35. The molecule has 1 aromatic heterocycles. The predicted octanol–water partition coefficient (Wildman–Crippen LogP) is 4.33. The number of thiophene rings is 1. The summed E-state index contributed by atoms with van der Waals surface area (Å²) in [4.78, 5) is 1.65. The summed E-state index contributed by atoms with van der Waals surface area (Å²) in [6.07, 6.45) is 6.66. The van der Waals surface area contributed by atoms with Gasteiger partial charge >= 0.3 is 0 Å². The van der Waals surface area contributed by atoms with E-state index >= 15 is 0 Å². The molecule has 0 unspecified atom stereocenters. The fourth-order valence-electron chi connectivity index (χ4n) is 3.85. The molecule has 0 aromatic carbocycles. The fourth-order valence-corrected chi connectivity index (χ4v) is 5.04. The first kappa shape index (κ1) is 12.7. The van der Waals surface area contributed by atoms with Crippen molar-refractivity contribution in [2.24, 2.45) is 11.3 Å². The molecule has 2 aliphatic rings. The molecule has 1 saturated carbocycles. The van der Waals surface area contributed by atoms with Crippen molar-refractivity contribution in [2.75, 3.05) is 6.54 Å². The number of hydrogen-bond acceptors (Lipinski definition) is 2. The predicted molar refractivity (Wildman–Crippen MR) is 79.1 cm³/mol. The topological polar surface area (TPSA) is 12.0 Å². The van der Waals surface area contributed by atoms with E-state index in [-0.39, 0.29) is 0 Å². The lowest BCUT2D eigenvalue weighted by Crippen LogP contribution is -2.49. The molecule has 1 N–H and O–H groups in total. The Balaban J connectivity index is 1.81. The summed E-state index contributed by atoms with van der Waals surface area (Å²) in [7, 11) is 0. The third kappa shape index (κ3) is 2.04. The van der Waals surface area contributed by atoms with Gasteiger partial charge in [0.1, 0.15) is 0 Å². The van der Waals surface area contributed by atoms with Gasteiger partial charge in [-0.15, -0.1) is 11.3 Å². The van der Waals surface area contributed by atoms with Crippen LogP contribution in [0.3, 0.4) is 0 Å². The van der Waals surface area contributed by atoms with E-state index in [1.807, 2.05) is 11.3 Å². The summed E-state index contributed by atoms with van der Waals surface area (Å²) in [5, 5.41) is 6.15. The first-order chi connectivity index (χ1) is 8.51. The van der Waals surface area contributed by atoms with Gasteiger partial charge in [0, 0.05) is 11.4 Å². The number of nitrogens with one attached hydrogen (secondary N) is 1. The quantitative estimate of drug-likeness (QED) is 0.735. The maximum absolute atomic E-state index is 3.86. The second-order valence-electron chi connectivity index (χ2n) is 7.17. The molecular formula is C16H25NS. The molecular weight excluding hydrogens is 238 g/mol. The highest BCUT2D eigenvalue weighted by molar-refractivity contribution is 7.10. The van der Waals surface area contributed by atoms with Crippen LogP contribution in [0.4, 0.5) is 0 Å². The van der Waals surface area contributed by atoms with Gasteiger partial charge in [-0.05, 0) is 60.4 Å². The molecule has 0 amide bonds. The monoisotopic (exact) mass is 263 g/mol. The van der Waals surface area contributed by atoms with Crippen molar-refractivity contribution >= 4 is 11.3 Å². The van der Waals surface area contributed by atoms with Gasteiger partial charge in [-0.25, -0.2) is 0 Å². The molecule has 2 heterocycles. The van der Waals surface area contributed by atoms with Crippen LogP contribution in [0.5, 0.6) is 0 Å². The van der Waals surface area contributed by atoms with E-state index in [1.54, 1.807) is 10.4 Å². The van der Waals surface area contributed by atoms with Gasteiger partial charge in [0.2, 0.25) is 0 Å². The van der Waals surface area contributed by atoms with Crippen molar-refractivity contribution < 1.29 is 0 Å². The SMILES string of the molecule is CC(C)(C)C1CCC2(CC1)NCCc1ccsc12. The molecule has 100 valence electrons. The normalized spacial score (nSPS) is 32.5. The van der Waals surface area contributed by atoms with Crippen molar-refractivity contribution in [3.05, 3.63) is 21.9 Å². The van der Waals surface area contributed by atoms with Crippen LogP contribution in [0.25, 0.3) is 0 Å². The molecule has 0 atom stereocenters. The van der Waals surface area contributed by atoms with E-state index < -0.39 is 0 Å². The van der Waals surface area contributed by atoms with Gasteiger partial charge in [-0.2, -0.15) is 0 Å². The van der Waals surface area contributed by atoms with E-state index in [1.165, 1.54) is 38.6 Å². The van der Waals surface area contributed by atoms with Crippen molar-refractivity contribution in [2.45, 2.75) is 58.4 Å². The zero-order chi connectivity index (χ0) is 12.8. The molecule has 1 nitrogen and oxygen atoms in total. The van der Waals surface area contributed by atoms with E-state index in [4.69, 9.17) is 0 Å². The summed E-state index contributed by atoms with van der Waals surface area (Å²) in [5.41, 5.74) is 2.44. The molecule has 1 aliphatic heterocycles. The van der Waals surface area contributed by atoms with E-state index in [9.17, 15) is 0 Å². The highest BCUT2D eigenvalue weighted by Crippen LogP contribution is 2.48. The second-order valence-corrected chi connectivity index (χ2v) is 8.09. The highest BCUT2D eigenvalue weighted by atomic mass is 32.1. The van der Waals surface area contributed by atoms with Crippen molar-refractivity contribution in [1.29, 1.82) is 0 Å². The standard InChI is InChI=1S/C16H25NS/c1-15(2,3)13-4-8-16(9-5-13)14-12(6-10-17-16)7-11-18-14/h7,11,13,17H,4-6,8-10H2,1-3H3. The van der Waals surface area contributed by atoms with Crippen LogP contribution in [0, 0.1) is 11.3 Å². The van der Waals surface area contributed by atoms with Crippen LogP contribution in [0.15, 0.2) is 11.4 Å². The third-order valence-electron chi connectivity index (χ3n) is 5.10. The maximum atomic E-state index is 3.86. The molecule has 18 heavy (non-hydrogen) atoms. The summed E-state index contributed by atoms with van der Waals surface area (Å²) in [5.74, 6) is 0.898. The average Bonchev–Trinajstić information content (AvgIpc) is 2.78. The van der Waals surface area contributed by atoms with Gasteiger partial charge < -0.3 is 5.32 Å². The first-order valence-electron chi connectivity index (χ1n) is 7.33. The van der Waals surface area contributed by atoms with E-state index in [2.05, 4.69) is 37.5 Å². The molecule has 1 aromatic rings. The minimum absolute atomic E-state index is 0.337. The molecule has 1 spiro atoms. The second kappa shape index (κ2) is 4.35. The van der Waals surface area contributed by atoms with E-state index in [0.29, 0.717) is 11.0 Å². The Bertz CT molecular complexity index is 419. The number of hydrogen-bond donors (Lipinski definition) is 1. The Morgan fingerprint density at radius 1 is 1.28 bits per heavy atom.